The van der Waals surface area contributed by atoms with E-state index in [1.807, 2.05) is 0 Å². The first-order valence-corrected chi connectivity index (χ1v) is 4.29. The van der Waals surface area contributed by atoms with Crippen LogP contribution in [0.15, 0.2) is 0 Å². The Morgan fingerprint density at radius 2 is 2.10 bits per heavy atom. The second kappa shape index (κ2) is 4.99. The second-order valence-electron chi connectivity index (χ2n) is 2.56. The minimum Gasteiger partial charge on any atom is -0.317 e. The van der Waals surface area contributed by atoms with Gasteiger partial charge in [0, 0.05) is 0 Å². The molecule has 0 aliphatic heterocycles. The molecule has 62 valence electrons. The van der Waals surface area contributed by atoms with E-state index in [2.05, 4.69) is 31.8 Å². The van der Waals surface area contributed by atoms with Gasteiger partial charge in [-0.15, -0.1) is 0 Å². The molecule has 3 N–H and O–H groups in total. The molecule has 2 nitrogen and oxygen atoms in total. The van der Waals surface area contributed by atoms with Crippen molar-refractivity contribution in [3.8, 4) is 0 Å². The summed E-state index contributed by atoms with van der Waals surface area (Å²) in [6.07, 6.45) is 1.85. The highest BCUT2D eigenvalue weighted by molar-refractivity contribution is 7.81. The molecule has 0 rings (SSSR count). The third-order valence-electron chi connectivity index (χ3n) is 1.60. The van der Waals surface area contributed by atoms with Crippen LogP contribution in [-0.4, -0.2) is 18.0 Å². The van der Waals surface area contributed by atoms with Crippen LogP contribution in [0.4, 0.5) is 0 Å². The topological polar surface area (TPSA) is 38.0 Å². The molecule has 0 aliphatic carbocycles. The van der Waals surface area contributed by atoms with Crippen LogP contribution in [-0.2, 0) is 0 Å². The van der Waals surface area contributed by atoms with Crippen LogP contribution < -0.4 is 11.1 Å². The SMILES string of the molecule is CCNCCC(N)(S)CC. The molecule has 0 aliphatic rings. The maximum Gasteiger partial charge on any atom is 0.0600 e. The van der Waals surface area contributed by atoms with E-state index >= 15 is 0 Å². The summed E-state index contributed by atoms with van der Waals surface area (Å²) in [5, 5.41) is 3.21. The van der Waals surface area contributed by atoms with Crippen LogP contribution >= 0.6 is 12.6 Å². The largest absolute Gasteiger partial charge is 0.317 e. The molecule has 1 atom stereocenters. The van der Waals surface area contributed by atoms with E-state index in [9.17, 15) is 0 Å². The summed E-state index contributed by atoms with van der Waals surface area (Å²) in [5.74, 6) is 0. The average Bonchev–Trinajstić information content (AvgIpc) is 1.89. The van der Waals surface area contributed by atoms with Gasteiger partial charge in [0.15, 0.2) is 0 Å². The fourth-order valence-electron chi connectivity index (χ4n) is 0.658. The van der Waals surface area contributed by atoms with Gasteiger partial charge in [0.2, 0.25) is 0 Å². The molecule has 0 saturated heterocycles. The Bertz CT molecular complexity index is 83.7. The summed E-state index contributed by atoms with van der Waals surface area (Å²) in [6, 6.07) is 0. The third-order valence-corrected chi connectivity index (χ3v) is 2.14. The Morgan fingerprint density at radius 1 is 1.50 bits per heavy atom. The monoisotopic (exact) mass is 162 g/mol. The fourth-order valence-corrected chi connectivity index (χ4v) is 0.770. The summed E-state index contributed by atoms with van der Waals surface area (Å²) >= 11 is 4.30. The van der Waals surface area contributed by atoms with Gasteiger partial charge in [-0.1, -0.05) is 13.8 Å². The normalized spacial score (nSPS) is 16.8. The van der Waals surface area contributed by atoms with Crippen LogP contribution in [0.2, 0.25) is 0 Å². The van der Waals surface area contributed by atoms with E-state index in [0.717, 1.165) is 25.9 Å². The fraction of sp³-hybridized carbons (Fsp3) is 1.00. The molecule has 3 heteroatoms. The first kappa shape index (κ1) is 10.3. The Labute approximate surface area is 69.0 Å². The van der Waals surface area contributed by atoms with Gasteiger partial charge >= 0.3 is 0 Å². The van der Waals surface area contributed by atoms with Gasteiger partial charge in [0.05, 0.1) is 4.87 Å². The molecule has 10 heavy (non-hydrogen) atoms. The number of thiol groups is 1. The van der Waals surface area contributed by atoms with E-state index < -0.39 is 0 Å². The van der Waals surface area contributed by atoms with Crippen LogP contribution in [0.25, 0.3) is 0 Å². The van der Waals surface area contributed by atoms with Crippen molar-refractivity contribution in [1.29, 1.82) is 0 Å². The van der Waals surface area contributed by atoms with Crippen LogP contribution in [0.1, 0.15) is 26.7 Å². The Morgan fingerprint density at radius 3 is 2.50 bits per heavy atom. The summed E-state index contributed by atoms with van der Waals surface area (Å²) in [5.41, 5.74) is 5.78. The lowest BCUT2D eigenvalue weighted by atomic mass is 10.1. The van der Waals surface area contributed by atoms with Crippen molar-refractivity contribution in [2.45, 2.75) is 31.6 Å². The van der Waals surface area contributed by atoms with E-state index in [1.54, 1.807) is 0 Å². The molecule has 0 heterocycles. The Balaban J connectivity index is 3.28. The van der Waals surface area contributed by atoms with Gasteiger partial charge in [-0.2, -0.15) is 12.6 Å². The van der Waals surface area contributed by atoms with Gasteiger partial charge in [-0.25, -0.2) is 0 Å². The lowest BCUT2D eigenvalue weighted by Crippen LogP contribution is -2.35. The molecule has 0 spiro atoms. The number of nitrogens with one attached hydrogen (secondary N) is 1. The van der Waals surface area contributed by atoms with Gasteiger partial charge in [-0.05, 0) is 25.9 Å². The second-order valence-corrected chi connectivity index (χ2v) is 3.45. The van der Waals surface area contributed by atoms with E-state index in [1.165, 1.54) is 0 Å². The van der Waals surface area contributed by atoms with Gasteiger partial charge in [0.1, 0.15) is 0 Å². The summed E-state index contributed by atoms with van der Waals surface area (Å²) in [7, 11) is 0. The molecule has 0 aromatic heterocycles. The summed E-state index contributed by atoms with van der Waals surface area (Å²) in [6.45, 7) is 6.11. The number of hydrogen-bond acceptors (Lipinski definition) is 3. The molecule has 0 aromatic carbocycles. The van der Waals surface area contributed by atoms with Crippen molar-refractivity contribution >= 4 is 12.6 Å². The first-order chi connectivity index (χ1) is 4.62. The highest BCUT2D eigenvalue weighted by Gasteiger charge is 2.14. The highest BCUT2D eigenvalue weighted by Crippen LogP contribution is 2.14. The van der Waals surface area contributed by atoms with Gasteiger partial charge in [0.25, 0.3) is 0 Å². The van der Waals surface area contributed by atoms with Gasteiger partial charge < -0.3 is 11.1 Å². The standard InChI is InChI=1S/C7H18N2S/c1-3-7(8,10)5-6-9-4-2/h9-10H,3-6,8H2,1-2H3. The van der Waals surface area contributed by atoms with Crippen LogP contribution in [0, 0.1) is 0 Å². The first-order valence-electron chi connectivity index (χ1n) is 3.84. The number of rotatable bonds is 5. The third kappa shape index (κ3) is 5.09. The molecule has 0 radical (unpaired) electrons. The van der Waals surface area contributed by atoms with Crippen molar-refractivity contribution in [1.82, 2.24) is 5.32 Å². The molecule has 0 aromatic rings. The van der Waals surface area contributed by atoms with Crippen molar-refractivity contribution < 1.29 is 0 Å². The Hall–Kier alpha value is 0.270. The zero-order chi connectivity index (χ0) is 8.04. The smallest absolute Gasteiger partial charge is 0.0600 e. The quantitative estimate of drug-likeness (QED) is 0.320. The number of nitrogens with two attached hydrogens (primary N) is 1. The van der Waals surface area contributed by atoms with Crippen LogP contribution in [0.3, 0.4) is 0 Å². The maximum absolute atomic E-state index is 5.78. The maximum atomic E-state index is 5.78. The minimum atomic E-state index is -0.276. The summed E-state index contributed by atoms with van der Waals surface area (Å²) in [4.78, 5) is -0.276. The molecule has 0 saturated carbocycles. The summed E-state index contributed by atoms with van der Waals surface area (Å²) < 4.78 is 0. The number of hydrogen-bond donors (Lipinski definition) is 3. The molecular weight excluding hydrogens is 144 g/mol. The zero-order valence-electron chi connectivity index (χ0n) is 6.85. The van der Waals surface area contributed by atoms with E-state index in [0.29, 0.717) is 0 Å². The predicted molar refractivity (Wildman–Crippen MR) is 49.4 cm³/mol. The van der Waals surface area contributed by atoms with Crippen molar-refractivity contribution in [2.24, 2.45) is 5.73 Å². The lowest BCUT2D eigenvalue weighted by Gasteiger charge is -2.21. The zero-order valence-corrected chi connectivity index (χ0v) is 7.75. The van der Waals surface area contributed by atoms with E-state index in [4.69, 9.17) is 5.73 Å². The Kier molecular flexibility index (Phi) is 5.13. The lowest BCUT2D eigenvalue weighted by molar-refractivity contribution is 0.520. The van der Waals surface area contributed by atoms with Crippen molar-refractivity contribution in [2.75, 3.05) is 13.1 Å². The predicted octanol–water partition coefficient (Wildman–Crippen LogP) is 0.981. The van der Waals surface area contributed by atoms with Crippen LogP contribution in [0.5, 0.6) is 0 Å². The molecular formula is C7H18N2S. The van der Waals surface area contributed by atoms with E-state index in [-0.39, 0.29) is 4.87 Å². The average molecular weight is 162 g/mol. The molecule has 0 amide bonds. The van der Waals surface area contributed by atoms with Gasteiger partial charge in [-0.3, -0.25) is 0 Å². The minimum absolute atomic E-state index is 0.276. The van der Waals surface area contributed by atoms with Crippen molar-refractivity contribution in [3.63, 3.8) is 0 Å². The molecule has 1 unspecified atom stereocenters. The molecule has 0 fully saturated rings. The molecule has 0 bridgehead atoms. The van der Waals surface area contributed by atoms with Crippen molar-refractivity contribution in [3.05, 3.63) is 0 Å². The highest BCUT2D eigenvalue weighted by atomic mass is 32.1.